The number of hydrogen-bond acceptors (Lipinski definition) is 5. The van der Waals surface area contributed by atoms with Crippen LogP contribution in [0.4, 0.5) is 4.79 Å². The fourth-order valence-corrected chi connectivity index (χ4v) is 2.67. The number of aliphatic hydroxyl groups excluding tert-OH is 1. The van der Waals surface area contributed by atoms with E-state index in [1.165, 1.54) is 0 Å². The molecule has 0 aromatic rings. The minimum atomic E-state index is -0.480. The Kier molecular flexibility index (Phi) is 11.9. The quantitative estimate of drug-likeness (QED) is 0.563. The molecular formula is C15H29NO7. The lowest BCUT2D eigenvalue weighted by atomic mass is 9.95. The highest BCUT2D eigenvalue weighted by Crippen LogP contribution is 2.36. The zero-order valence-corrected chi connectivity index (χ0v) is 14.4. The lowest BCUT2D eigenvalue weighted by Crippen LogP contribution is -2.44. The number of amides is 1. The molecule has 1 saturated carbocycles. The number of ether oxygens (including phenoxy) is 1. The molecule has 0 heterocycles. The summed E-state index contributed by atoms with van der Waals surface area (Å²) in [6, 6.07) is 0.0184. The molecule has 0 bridgehead atoms. The predicted molar refractivity (Wildman–Crippen MR) is 84.1 cm³/mol. The lowest BCUT2D eigenvalue weighted by Gasteiger charge is -2.26. The molecule has 4 N–H and O–H groups in total. The number of rotatable bonds is 2. The van der Waals surface area contributed by atoms with Crippen LogP contribution in [0.1, 0.15) is 41.0 Å². The fraction of sp³-hybridized carbons (Fsp3) is 0.800. The highest BCUT2D eigenvalue weighted by Gasteiger charge is 2.39. The van der Waals surface area contributed by atoms with Crippen molar-refractivity contribution in [2.24, 2.45) is 17.8 Å². The van der Waals surface area contributed by atoms with E-state index in [0.717, 1.165) is 6.42 Å². The van der Waals surface area contributed by atoms with E-state index in [2.05, 4.69) is 19.2 Å². The van der Waals surface area contributed by atoms with Crippen LogP contribution in [0.25, 0.3) is 0 Å². The molecule has 8 nitrogen and oxygen atoms in total. The third-order valence-corrected chi connectivity index (χ3v) is 3.44. The zero-order valence-electron chi connectivity index (χ0n) is 14.4. The van der Waals surface area contributed by atoms with Gasteiger partial charge in [-0.25, -0.2) is 4.79 Å². The molecule has 8 heteroatoms. The van der Waals surface area contributed by atoms with E-state index in [4.69, 9.17) is 24.5 Å². The number of carbonyl (C=O) groups is 3. The molecule has 0 spiro atoms. The summed E-state index contributed by atoms with van der Waals surface area (Å²) in [6.07, 6.45) is 0.646. The van der Waals surface area contributed by atoms with Crippen LogP contribution in [-0.4, -0.2) is 52.6 Å². The summed E-state index contributed by atoms with van der Waals surface area (Å²) < 4.78 is 5.24. The molecule has 4 atom stereocenters. The average molecular weight is 335 g/mol. The standard InChI is InChI=1S/C13H25NO3.2CH2O2/c1-8-6-9(2)11(10(8)7-15)14-12(16)17-13(3,4)5;2*2-1-3/h8-11,15H,6-7H2,1-5H3,(H,14,16);2*1H,(H,2,3)/t8-,9+,10?,11?;;/m1../s1. The molecule has 0 aromatic carbocycles. The molecule has 0 aromatic heterocycles. The average Bonchev–Trinajstić information content (AvgIpc) is 2.63. The maximum Gasteiger partial charge on any atom is 0.407 e. The van der Waals surface area contributed by atoms with Gasteiger partial charge in [-0.05, 0) is 39.0 Å². The second-order valence-electron chi connectivity index (χ2n) is 6.42. The van der Waals surface area contributed by atoms with Crippen LogP contribution >= 0.6 is 0 Å². The second kappa shape index (κ2) is 11.7. The molecule has 0 radical (unpaired) electrons. The first-order valence-corrected chi connectivity index (χ1v) is 7.33. The first kappa shape index (κ1) is 23.4. The van der Waals surface area contributed by atoms with Crippen molar-refractivity contribution in [1.29, 1.82) is 0 Å². The number of nitrogens with one attached hydrogen (secondary N) is 1. The van der Waals surface area contributed by atoms with Crippen LogP contribution < -0.4 is 5.32 Å². The van der Waals surface area contributed by atoms with Gasteiger partial charge in [0.05, 0.1) is 0 Å². The van der Waals surface area contributed by atoms with Gasteiger partial charge in [-0.1, -0.05) is 13.8 Å². The van der Waals surface area contributed by atoms with Gasteiger partial charge in [0.15, 0.2) is 0 Å². The van der Waals surface area contributed by atoms with Crippen molar-refractivity contribution in [3.05, 3.63) is 0 Å². The second-order valence-corrected chi connectivity index (χ2v) is 6.42. The summed E-state index contributed by atoms with van der Waals surface area (Å²) in [7, 11) is 0. The number of alkyl carbamates (subject to hydrolysis) is 1. The molecule has 1 aliphatic carbocycles. The van der Waals surface area contributed by atoms with Crippen LogP contribution in [0.3, 0.4) is 0 Å². The number of hydrogen-bond donors (Lipinski definition) is 4. The first-order valence-electron chi connectivity index (χ1n) is 7.33. The highest BCUT2D eigenvalue weighted by atomic mass is 16.6. The smallest absolute Gasteiger partial charge is 0.407 e. The van der Waals surface area contributed by atoms with E-state index < -0.39 is 5.60 Å². The Morgan fingerprint density at radius 3 is 1.96 bits per heavy atom. The van der Waals surface area contributed by atoms with Crippen LogP contribution in [-0.2, 0) is 14.3 Å². The summed E-state index contributed by atoms with van der Waals surface area (Å²) >= 11 is 0. The molecule has 23 heavy (non-hydrogen) atoms. The lowest BCUT2D eigenvalue weighted by molar-refractivity contribution is -0.123. The van der Waals surface area contributed by atoms with Gasteiger partial charge in [-0.2, -0.15) is 0 Å². The van der Waals surface area contributed by atoms with Gasteiger partial charge in [-0.3, -0.25) is 9.59 Å². The molecule has 0 saturated heterocycles. The molecule has 136 valence electrons. The van der Waals surface area contributed by atoms with Crippen molar-refractivity contribution < 1.29 is 34.4 Å². The van der Waals surface area contributed by atoms with Crippen LogP contribution in [0, 0.1) is 17.8 Å². The number of carboxylic acid groups (broad SMARTS) is 2. The van der Waals surface area contributed by atoms with E-state index in [-0.39, 0.29) is 37.6 Å². The van der Waals surface area contributed by atoms with E-state index in [1.807, 2.05) is 20.8 Å². The Morgan fingerprint density at radius 1 is 1.17 bits per heavy atom. The summed E-state index contributed by atoms with van der Waals surface area (Å²) in [4.78, 5) is 28.4. The van der Waals surface area contributed by atoms with E-state index >= 15 is 0 Å². The largest absolute Gasteiger partial charge is 0.483 e. The van der Waals surface area contributed by atoms with Gasteiger partial charge in [0.25, 0.3) is 12.9 Å². The minimum absolute atomic E-state index is 0.0184. The van der Waals surface area contributed by atoms with Gasteiger partial charge in [-0.15, -0.1) is 0 Å². The Morgan fingerprint density at radius 2 is 1.61 bits per heavy atom. The summed E-state index contributed by atoms with van der Waals surface area (Å²) in [5.74, 6) is 0.960. The van der Waals surface area contributed by atoms with E-state index in [1.54, 1.807) is 0 Å². The minimum Gasteiger partial charge on any atom is -0.483 e. The van der Waals surface area contributed by atoms with Gasteiger partial charge >= 0.3 is 6.09 Å². The SMILES string of the molecule is C[C@@H]1C[C@H](C)C(NC(=O)OC(C)(C)C)C1CO.O=CO.O=CO. The van der Waals surface area contributed by atoms with Gasteiger partial charge in [0.2, 0.25) is 0 Å². The van der Waals surface area contributed by atoms with Crippen LogP contribution in [0.15, 0.2) is 0 Å². The Hall–Kier alpha value is -1.83. The maximum absolute atomic E-state index is 11.7. The summed E-state index contributed by atoms with van der Waals surface area (Å²) in [5, 5.41) is 26.1. The van der Waals surface area contributed by atoms with Crippen molar-refractivity contribution in [3.63, 3.8) is 0 Å². The van der Waals surface area contributed by atoms with Crippen molar-refractivity contribution in [2.45, 2.75) is 52.7 Å². The maximum atomic E-state index is 11.7. The molecule has 0 aliphatic heterocycles. The van der Waals surface area contributed by atoms with Crippen LogP contribution in [0.5, 0.6) is 0 Å². The van der Waals surface area contributed by atoms with Crippen molar-refractivity contribution in [1.82, 2.24) is 5.32 Å². The summed E-state index contributed by atoms with van der Waals surface area (Å²) in [5.41, 5.74) is -0.480. The monoisotopic (exact) mass is 335 g/mol. The van der Waals surface area contributed by atoms with Crippen molar-refractivity contribution in [2.75, 3.05) is 6.61 Å². The normalized spacial score (nSPS) is 25.8. The Bertz CT molecular complexity index is 348. The fourth-order valence-electron chi connectivity index (χ4n) is 2.67. The predicted octanol–water partition coefficient (Wildman–Crippen LogP) is 1.57. The Balaban J connectivity index is 0. The molecule has 1 rings (SSSR count). The third-order valence-electron chi connectivity index (χ3n) is 3.44. The number of aliphatic hydroxyl groups is 1. The first-order chi connectivity index (χ1) is 10.6. The van der Waals surface area contributed by atoms with Gasteiger partial charge in [0.1, 0.15) is 5.60 Å². The van der Waals surface area contributed by atoms with E-state index in [0.29, 0.717) is 11.8 Å². The zero-order chi connectivity index (χ0) is 18.6. The highest BCUT2D eigenvalue weighted by molar-refractivity contribution is 5.68. The summed E-state index contributed by atoms with van der Waals surface area (Å²) in [6.45, 7) is 9.37. The van der Waals surface area contributed by atoms with Gasteiger partial charge in [0, 0.05) is 18.6 Å². The molecule has 1 fully saturated rings. The molecule has 2 unspecified atom stereocenters. The van der Waals surface area contributed by atoms with Gasteiger partial charge < -0.3 is 25.4 Å². The molecular weight excluding hydrogens is 306 g/mol. The third kappa shape index (κ3) is 10.5. The number of carbonyl (C=O) groups excluding carboxylic acids is 1. The van der Waals surface area contributed by atoms with Crippen molar-refractivity contribution >= 4 is 19.0 Å². The molecule has 1 aliphatic rings. The topological polar surface area (TPSA) is 133 Å². The Labute approximate surface area is 136 Å². The van der Waals surface area contributed by atoms with Crippen molar-refractivity contribution in [3.8, 4) is 0 Å². The molecule has 1 amide bonds. The van der Waals surface area contributed by atoms with E-state index in [9.17, 15) is 9.90 Å². The van der Waals surface area contributed by atoms with Crippen LogP contribution in [0.2, 0.25) is 0 Å².